The van der Waals surface area contributed by atoms with Gasteiger partial charge >= 0.3 is 0 Å². The molecule has 0 radical (unpaired) electrons. The van der Waals surface area contributed by atoms with Gasteiger partial charge in [0.05, 0.1) is 4.07 Å². The molecule has 2 unspecified atom stereocenters. The van der Waals surface area contributed by atoms with Crippen molar-refractivity contribution in [2.75, 3.05) is 0 Å². The van der Waals surface area contributed by atoms with Crippen LogP contribution >= 0.6 is 39.8 Å². The molecule has 0 aliphatic heterocycles. The third-order valence-electron chi connectivity index (χ3n) is 7.21. The molecule has 3 fully saturated rings. The number of hydrogen-bond acceptors (Lipinski definition) is 0. The Kier molecular flexibility index (Phi) is 9.95. The summed E-state index contributed by atoms with van der Waals surface area (Å²) in [5.74, 6) is 0. The second kappa shape index (κ2) is 11.7. The Morgan fingerprint density at radius 1 is 0.793 bits per heavy atom. The molecule has 0 spiro atoms. The fourth-order valence-corrected chi connectivity index (χ4v) is 14.1. The van der Waals surface area contributed by atoms with Crippen molar-refractivity contribution >= 4 is 45.9 Å². The van der Waals surface area contributed by atoms with Crippen LogP contribution in [0.2, 0.25) is 0 Å². The van der Waals surface area contributed by atoms with Crippen LogP contribution in [-0.2, 0) is 19.5 Å². The van der Waals surface area contributed by atoms with E-state index in [-0.39, 0.29) is 31.5 Å². The molecule has 1 aromatic rings. The maximum Gasteiger partial charge on any atom is 0.0679 e. The number of rotatable bonds is 4. The third-order valence-corrected chi connectivity index (χ3v) is 14.2. The van der Waals surface area contributed by atoms with Crippen molar-refractivity contribution in [2.45, 2.75) is 104 Å². The van der Waals surface area contributed by atoms with Gasteiger partial charge < -0.3 is 0 Å². The van der Waals surface area contributed by atoms with Gasteiger partial charge in [-0.15, -0.1) is 0 Å². The van der Waals surface area contributed by atoms with E-state index in [4.69, 9.17) is 0 Å². The molecule has 1 aromatic carbocycles. The van der Waals surface area contributed by atoms with Gasteiger partial charge in [0.1, 0.15) is 0 Å². The molecule has 162 valence electrons. The van der Waals surface area contributed by atoms with Gasteiger partial charge in [0, 0.05) is 24.3 Å². The minimum absolute atomic E-state index is 0. The van der Waals surface area contributed by atoms with Crippen molar-refractivity contribution < 1.29 is 19.5 Å². The quantitative estimate of drug-likeness (QED) is 0.177. The molecular formula is C25H35Br2PRu. The fraction of sp³-hybridized carbons (Fsp3) is 0.680. The fourth-order valence-electron chi connectivity index (χ4n) is 5.86. The van der Waals surface area contributed by atoms with Gasteiger partial charge in [0.15, 0.2) is 0 Å². The van der Waals surface area contributed by atoms with Crippen molar-refractivity contribution in [2.24, 2.45) is 0 Å². The molecule has 4 heteroatoms. The van der Waals surface area contributed by atoms with Crippen molar-refractivity contribution in [3.05, 3.63) is 41.5 Å². The monoisotopic (exact) mass is 626 g/mol. The van der Waals surface area contributed by atoms with Crippen LogP contribution in [0.3, 0.4) is 0 Å². The third kappa shape index (κ3) is 5.86. The van der Waals surface area contributed by atoms with Crippen LogP contribution in [0.4, 0.5) is 0 Å². The van der Waals surface area contributed by atoms with E-state index < -0.39 is 0 Å². The van der Waals surface area contributed by atoms with Gasteiger partial charge in [0.25, 0.3) is 0 Å². The van der Waals surface area contributed by atoms with E-state index >= 15 is 0 Å². The summed E-state index contributed by atoms with van der Waals surface area (Å²) >= 11 is 8.64. The van der Waals surface area contributed by atoms with E-state index in [0.29, 0.717) is 4.83 Å². The van der Waals surface area contributed by atoms with Gasteiger partial charge in [-0.25, -0.2) is 0 Å². The molecule has 29 heavy (non-hydrogen) atoms. The number of halogens is 2. The summed E-state index contributed by atoms with van der Waals surface area (Å²) in [5, 5.41) is 0. The molecule has 3 saturated carbocycles. The van der Waals surface area contributed by atoms with Crippen LogP contribution in [0, 0.1) is 0 Å². The zero-order valence-corrected chi connectivity index (χ0v) is 23.2. The van der Waals surface area contributed by atoms with E-state index in [2.05, 4.69) is 68.3 Å². The SMILES string of the molecule is BrC1CCCC(Br)(P(C2CCCCC2)C2CCCCC2)C1=Cc1ccccc1.[Ru]. The van der Waals surface area contributed by atoms with Gasteiger partial charge in [-0.05, 0) is 67.4 Å². The summed E-state index contributed by atoms with van der Waals surface area (Å²) in [7, 11) is -0.0409. The van der Waals surface area contributed by atoms with Gasteiger partial charge in [-0.2, -0.15) is 0 Å². The summed E-state index contributed by atoms with van der Waals surface area (Å²) in [4.78, 5) is 0.526. The molecule has 0 nitrogen and oxygen atoms in total. The Bertz CT molecular complexity index is 634. The maximum absolute atomic E-state index is 4.53. The number of benzene rings is 1. The van der Waals surface area contributed by atoms with Gasteiger partial charge in [-0.1, -0.05) is 115 Å². The van der Waals surface area contributed by atoms with E-state index in [1.54, 1.807) is 5.57 Å². The molecule has 0 amide bonds. The van der Waals surface area contributed by atoms with Crippen LogP contribution in [-0.4, -0.2) is 20.2 Å². The molecule has 0 N–H and O–H groups in total. The normalized spacial score (nSPS) is 31.0. The Balaban J connectivity index is 0.00000240. The van der Waals surface area contributed by atoms with Crippen LogP contribution in [0.15, 0.2) is 35.9 Å². The van der Waals surface area contributed by atoms with Crippen LogP contribution in [0.1, 0.15) is 89.0 Å². The Labute approximate surface area is 209 Å². The average molecular weight is 627 g/mol. The van der Waals surface area contributed by atoms with E-state index in [1.807, 2.05) is 0 Å². The summed E-state index contributed by atoms with van der Waals surface area (Å²) in [5.41, 5.74) is 4.98. The first-order chi connectivity index (χ1) is 13.7. The average Bonchev–Trinajstić information content (AvgIpc) is 2.73. The number of allylic oxidation sites excluding steroid dienone is 1. The van der Waals surface area contributed by atoms with Crippen molar-refractivity contribution in [3.63, 3.8) is 0 Å². The molecule has 4 rings (SSSR count). The first kappa shape index (κ1) is 24.6. The predicted octanol–water partition coefficient (Wildman–Crippen LogP) is 9.25. The maximum atomic E-state index is 4.53. The summed E-state index contributed by atoms with van der Waals surface area (Å²) in [6.45, 7) is 0. The minimum atomic E-state index is -0.0409. The van der Waals surface area contributed by atoms with Crippen molar-refractivity contribution in [3.8, 4) is 0 Å². The van der Waals surface area contributed by atoms with Gasteiger partial charge in [0.2, 0.25) is 0 Å². The van der Waals surface area contributed by atoms with E-state index in [9.17, 15) is 0 Å². The predicted molar refractivity (Wildman–Crippen MR) is 133 cm³/mol. The Morgan fingerprint density at radius 2 is 1.34 bits per heavy atom. The standard InChI is InChI=1S/C25H35Br2P.Ru/c26-24-17-10-18-25(27,23(24)19-20-11-4-1-5-12-20)28(21-13-6-2-7-14-21)22-15-8-3-9-16-22;/h1,4-5,11-12,19,21-22,24H,2-3,6-10,13-18H2;. The summed E-state index contributed by atoms with van der Waals surface area (Å²) in [6, 6.07) is 11.0. The number of alkyl halides is 2. The second-order valence-corrected chi connectivity index (χ2v) is 15.2. The topological polar surface area (TPSA) is 0 Å². The molecule has 3 aliphatic carbocycles. The van der Waals surface area contributed by atoms with Crippen molar-refractivity contribution in [1.29, 1.82) is 0 Å². The summed E-state index contributed by atoms with van der Waals surface area (Å²) in [6.07, 6.45) is 21.3. The summed E-state index contributed by atoms with van der Waals surface area (Å²) < 4.78 is 0.245. The molecule has 3 aliphatic rings. The molecule has 0 aromatic heterocycles. The first-order valence-corrected chi connectivity index (χ1v) is 14.8. The smallest absolute Gasteiger partial charge is 0.0679 e. The van der Waals surface area contributed by atoms with Crippen LogP contribution in [0.25, 0.3) is 6.08 Å². The van der Waals surface area contributed by atoms with E-state index in [0.717, 1.165) is 11.3 Å². The molecule has 0 bridgehead atoms. The van der Waals surface area contributed by atoms with E-state index in [1.165, 1.54) is 89.0 Å². The zero-order valence-electron chi connectivity index (χ0n) is 17.4. The Morgan fingerprint density at radius 3 is 1.90 bits per heavy atom. The second-order valence-electron chi connectivity index (χ2n) is 9.12. The zero-order chi connectivity index (χ0) is 19.4. The van der Waals surface area contributed by atoms with Crippen LogP contribution < -0.4 is 0 Å². The molecule has 0 saturated heterocycles. The Hall–Kier alpha value is 0.973. The molecule has 0 heterocycles. The van der Waals surface area contributed by atoms with Crippen molar-refractivity contribution in [1.82, 2.24) is 0 Å². The van der Waals surface area contributed by atoms with Gasteiger partial charge in [-0.3, -0.25) is 0 Å². The number of hydrogen-bond donors (Lipinski definition) is 0. The first-order valence-electron chi connectivity index (χ1n) is 11.6. The molecule has 2 atom stereocenters. The van der Waals surface area contributed by atoms with Crippen LogP contribution in [0.5, 0.6) is 0 Å². The molecular weight excluding hydrogens is 592 g/mol. The minimum Gasteiger partial charge on any atom is -0.0842 e. The largest absolute Gasteiger partial charge is 0.0842 e.